The van der Waals surface area contributed by atoms with Gasteiger partial charge in [-0.2, -0.15) is 0 Å². The largest absolute Gasteiger partial charge is 0.469 e. The van der Waals surface area contributed by atoms with Crippen LogP contribution in [-0.4, -0.2) is 5.78 Å². The zero-order valence-corrected chi connectivity index (χ0v) is 10.3. The zero-order valence-electron chi connectivity index (χ0n) is 7.90. The maximum absolute atomic E-state index is 11.8. The van der Waals surface area contributed by atoms with Crippen molar-refractivity contribution in [1.29, 1.82) is 0 Å². The van der Waals surface area contributed by atoms with Gasteiger partial charge in [0.15, 0.2) is 5.78 Å². The van der Waals surface area contributed by atoms with Gasteiger partial charge in [0, 0.05) is 17.3 Å². The fourth-order valence-electron chi connectivity index (χ4n) is 1.30. The molecule has 0 radical (unpaired) electrons. The van der Waals surface area contributed by atoms with E-state index < -0.39 is 0 Å². The van der Waals surface area contributed by atoms with E-state index in [1.807, 2.05) is 23.6 Å². The molecule has 2 aromatic heterocycles. The van der Waals surface area contributed by atoms with E-state index in [4.69, 9.17) is 4.42 Å². The molecule has 4 heteroatoms. The van der Waals surface area contributed by atoms with Crippen molar-refractivity contribution in [1.82, 2.24) is 0 Å². The molecule has 0 saturated carbocycles. The van der Waals surface area contributed by atoms with Gasteiger partial charge in [-0.15, -0.1) is 11.3 Å². The van der Waals surface area contributed by atoms with E-state index >= 15 is 0 Å². The standard InChI is InChI=1S/C11H9BrO2S/c12-9-5-7-15-11(9)10(13)4-3-8-2-1-6-14-8/h1-2,5-7H,3-4H2. The summed E-state index contributed by atoms with van der Waals surface area (Å²) in [5.41, 5.74) is 0. The molecule has 0 saturated heterocycles. The highest BCUT2D eigenvalue weighted by Gasteiger charge is 2.11. The van der Waals surface area contributed by atoms with Crippen molar-refractivity contribution >= 4 is 33.0 Å². The second kappa shape index (κ2) is 4.77. The summed E-state index contributed by atoms with van der Waals surface area (Å²) in [6.07, 6.45) is 2.78. The van der Waals surface area contributed by atoms with Gasteiger partial charge in [0.25, 0.3) is 0 Å². The van der Waals surface area contributed by atoms with Gasteiger partial charge in [0.05, 0.1) is 11.1 Å². The number of Topliss-reactive ketones (excluding diaryl/α,β-unsaturated/α-hetero) is 1. The molecular formula is C11H9BrO2S. The van der Waals surface area contributed by atoms with Crippen molar-refractivity contribution in [3.05, 3.63) is 45.0 Å². The lowest BCUT2D eigenvalue weighted by Crippen LogP contribution is -1.98. The van der Waals surface area contributed by atoms with E-state index in [9.17, 15) is 4.79 Å². The molecule has 2 nitrogen and oxygen atoms in total. The van der Waals surface area contributed by atoms with Crippen molar-refractivity contribution in [2.45, 2.75) is 12.8 Å². The molecule has 0 N–H and O–H groups in total. The Kier molecular flexibility index (Phi) is 3.38. The fourth-order valence-corrected chi connectivity index (χ4v) is 2.86. The Hall–Kier alpha value is -0.870. The van der Waals surface area contributed by atoms with E-state index in [1.54, 1.807) is 6.26 Å². The van der Waals surface area contributed by atoms with Crippen LogP contribution < -0.4 is 0 Å². The first-order valence-corrected chi connectivity index (χ1v) is 6.23. The molecule has 0 aliphatic rings. The number of carbonyl (C=O) groups excluding carboxylic acids is 1. The van der Waals surface area contributed by atoms with Crippen LogP contribution in [0.2, 0.25) is 0 Å². The molecule has 0 aliphatic heterocycles. The molecule has 0 fully saturated rings. The van der Waals surface area contributed by atoms with Crippen LogP contribution >= 0.6 is 27.3 Å². The van der Waals surface area contributed by atoms with E-state index in [1.165, 1.54) is 11.3 Å². The van der Waals surface area contributed by atoms with Crippen molar-refractivity contribution in [3.8, 4) is 0 Å². The normalized spacial score (nSPS) is 10.5. The van der Waals surface area contributed by atoms with Crippen LogP contribution in [-0.2, 0) is 6.42 Å². The molecule has 0 bridgehead atoms. The zero-order chi connectivity index (χ0) is 10.7. The van der Waals surface area contributed by atoms with Gasteiger partial charge in [-0.05, 0) is 39.5 Å². The molecule has 0 aromatic carbocycles. The fraction of sp³-hybridized carbons (Fsp3) is 0.182. The van der Waals surface area contributed by atoms with Gasteiger partial charge in [-0.3, -0.25) is 4.79 Å². The molecule has 0 spiro atoms. The molecule has 15 heavy (non-hydrogen) atoms. The second-order valence-electron chi connectivity index (χ2n) is 3.10. The SMILES string of the molecule is O=C(CCc1ccco1)c1sccc1Br. The topological polar surface area (TPSA) is 30.2 Å². The third-order valence-corrected chi connectivity index (χ3v) is 3.93. The first kappa shape index (κ1) is 10.6. The van der Waals surface area contributed by atoms with Gasteiger partial charge < -0.3 is 4.42 Å². The highest BCUT2D eigenvalue weighted by molar-refractivity contribution is 9.10. The Morgan fingerprint density at radius 3 is 2.93 bits per heavy atom. The lowest BCUT2D eigenvalue weighted by Gasteiger charge is -1.97. The number of furan rings is 1. The molecule has 2 aromatic rings. The Labute approximate surface area is 100 Å². The summed E-state index contributed by atoms with van der Waals surface area (Å²) in [5, 5.41) is 1.91. The van der Waals surface area contributed by atoms with E-state index in [0.29, 0.717) is 12.8 Å². The minimum Gasteiger partial charge on any atom is -0.469 e. The Bertz CT molecular complexity index is 445. The summed E-state index contributed by atoms with van der Waals surface area (Å²) in [6.45, 7) is 0. The number of ketones is 1. The number of aryl methyl sites for hydroxylation is 1. The highest BCUT2D eigenvalue weighted by Crippen LogP contribution is 2.24. The van der Waals surface area contributed by atoms with Gasteiger partial charge >= 0.3 is 0 Å². The summed E-state index contributed by atoms with van der Waals surface area (Å²) in [4.78, 5) is 12.6. The molecule has 2 rings (SSSR count). The smallest absolute Gasteiger partial charge is 0.174 e. The molecule has 0 amide bonds. The summed E-state index contributed by atoms with van der Waals surface area (Å²) in [6, 6.07) is 5.61. The van der Waals surface area contributed by atoms with Crippen molar-refractivity contribution in [3.63, 3.8) is 0 Å². The average molecular weight is 285 g/mol. The second-order valence-corrected chi connectivity index (χ2v) is 4.87. The predicted molar refractivity (Wildman–Crippen MR) is 63.4 cm³/mol. The third kappa shape index (κ3) is 2.58. The summed E-state index contributed by atoms with van der Waals surface area (Å²) < 4.78 is 6.06. The number of halogens is 1. The lowest BCUT2D eigenvalue weighted by molar-refractivity contribution is 0.0984. The Morgan fingerprint density at radius 2 is 2.33 bits per heavy atom. The summed E-state index contributed by atoms with van der Waals surface area (Å²) in [5.74, 6) is 1.02. The molecule has 0 unspecified atom stereocenters. The molecule has 0 aliphatic carbocycles. The maximum atomic E-state index is 11.8. The number of rotatable bonds is 4. The van der Waals surface area contributed by atoms with Gasteiger partial charge in [-0.25, -0.2) is 0 Å². The van der Waals surface area contributed by atoms with Gasteiger partial charge in [0.2, 0.25) is 0 Å². The van der Waals surface area contributed by atoms with Crippen LogP contribution in [0.25, 0.3) is 0 Å². The van der Waals surface area contributed by atoms with Gasteiger partial charge in [0.1, 0.15) is 5.76 Å². The van der Waals surface area contributed by atoms with Crippen LogP contribution in [0.4, 0.5) is 0 Å². The predicted octanol–water partition coefficient (Wildman–Crippen LogP) is 3.92. The summed E-state index contributed by atoms with van der Waals surface area (Å²) in [7, 11) is 0. The average Bonchev–Trinajstić information content (AvgIpc) is 2.84. The number of hydrogen-bond acceptors (Lipinski definition) is 3. The first-order chi connectivity index (χ1) is 7.27. The number of thiophene rings is 1. The minimum atomic E-state index is 0.160. The van der Waals surface area contributed by atoms with Crippen LogP contribution in [0.15, 0.2) is 38.7 Å². The molecule has 0 atom stereocenters. The monoisotopic (exact) mass is 284 g/mol. The lowest BCUT2D eigenvalue weighted by atomic mass is 10.1. The van der Waals surface area contributed by atoms with Crippen LogP contribution in [0.1, 0.15) is 21.9 Å². The maximum Gasteiger partial charge on any atom is 0.174 e. The van der Waals surface area contributed by atoms with Crippen molar-refractivity contribution < 1.29 is 9.21 Å². The third-order valence-electron chi connectivity index (χ3n) is 2.05. The minimum absolute atomic E-state index is 0.160. The molecular weight excluding hydrogens is 276 g/mol. The van der Waals surface area contributed by atoms with Crippen molar-refractivity contribution in [2.75, 3.05) is 0 Å². The van der Waals surface area contributed by atoms with E-state index in [-0.39, 0.29) is 5.78 Å². The van der Waals surface area contributed by atoms with Crippen LogP contribution in [0.3, 0.4) is 0 Å². The number of hydrogen-bond donors (Lipinski definition) is 0. The Morgan fingerprint density at radius 1 is 1.47 bits per heavy atom. The molecule has 2 heterocycles. The summed E-state index contributed by atoms with van der Waals surface area (Å²) >= 11 is 4.82. The molecule has 78 valence electrons. The first-order valence-electron chi connectivity index (χ1n) is 4.56. The van der Waals surface area contributed by atoms with Crippen LogP contribution in [0.5, 0.6) is 0 Å². The Balaban J connectivity index is 1.96. The quantitative estimate of drug-likeness (QED) is 0.797. The van der Waals surface area contributed by atoms with Crippen LogP contribution in [0, 0.1) is 0 Å². The van der Waals surface area contributed by atoms with Crippen molar-refractivity contribution in [2.24, 2.45) is 0 Å². The van der Waals surface area contributed by atoms with E-state index in [2.05, 4.69) is 15.9 Å². The van der Waals surface area contributed by atoms with E-state index in [0.717, 1.165) is 15.1 Å². The van der Waals surface area contributed by atoms with Gasteiger partial charge in [-0.1, -0.05) is 0 Å². The number of carbonyl (C=O) groups is 1. The highest BCUT2D eigenvalue weighted by atomic mass is 79.9.